The van der Waals surface area contributed by atoms with Crippen LogP contribution in [0.2, 0.25) is 0 Å². The van der Waals surface area contributed by atoms with Gasteiger partial charge in [-0.2, -0.15) is 0 Å². The number of hydrogen-bond donors (Lipinski definition) is 2. The van der Waals surface area contributed by atoms with Crippen molar-refractivity contribution in [3.05, 3.63) is 60.7 Å². The van der Waals surface area contributed by atoms with Crippen molar-refractivity contribution < 1.29 is 34.0 Å². The Morgan fingerprint density at radius 3 is 1.31 bits per heavy atom. The highest BCUT2D eigenvalue weighted by molar-refractivity contribution is 5.78. The normalized spacial score (nSPS) is 15.9. The van der Waals surface area contributed by atoms with Crippen LogP contribution in [-0.2, 0) is 14.3 Å². The van der Waals surface area contributed by atoms with Crippen molar-refractivity contribution in [2.75, 3.05) is 0 Å². The van der Waals surface area contributed by atoms with E-state index < -0.39 is 35.3 Å². The first-order valence-electron chi connectivity index (χ1n) is 14.3. The fraction of sp³-hybridized carbons (Fsp3) is 0.562. The molecule has 7 nitrogen and oxygen atoms in total. The fourth-order valence-electron chi connectivity index (χ4n) is 4.82. The van der Waals surface area contributed by atoms with E-state index in [1.165, 1.54) is 0 Å². The number of unbranched alkanes of at least 4 members (excludes halogenated alkanes) is 2. The van der Waals surface area contributed by atoms with Crippen LogP contribution in [0.25, 0.3) is 0 Å². The lowest BCUT2D eigenvalue weighted by Gasteiger charge is -2.37. The maximum atomic E-state index is 12.6. The van der Waals surface area contributed by atoms with Crippen LogP contribution >= 0.6 is 0 Å². The zero-order chi connectivity index (χ0) is 28.7. The van der Waals surface area contributed by atoms with Gasteiger partial charge in [-0.05, 0) is 49.9 Å². The molecule has 7 heteroatoms. The Morgan fingerprint density at radius 2 is 1.03 bits per heavy atom. The molecule has 4 atom stereocenters. The quantitative estimate of drug-likeness (QED) is 0.178. The average Bonchev–Trinajstić information content (AvgIpc) is 2.94. The van der Waals surface area contributed by atoms with E-state index in [1.54, 1.807) is 24.3 Å². The summed E-state index contributed by atoms with van der Waals surface area (Å²) in [5.74, 6) is -1.09. The lowest BCUT2D eigenvalue weighted by molar-refractivity contribution is -0.166. The van der Waals surface area contributed by atoms with Gasteiger partial charge in [-0.15, -0.1) is 0 Å². The summed E-state index contributed by atoms with van der Waals surface area (Å²) < 4.78 is 18.9. The molecule has 2 N–H and O–H groups in total. The molecule has 0 aliphatic carbocycles. The van der Waals surface area contributed by atoms with Crippen molar-refractivity contribution in [2.45, 2.75) is 115 Å². The molecule has 39 heavy (non-hydrogen) atoms. The summed E-state index contributed by atoms with van der Waals surface area (Å²) in [5, 5.41) is 20.6. The van der Waals surface area contributed by atoms with Crippen LogP contribution in [0, 0.1) is 0 Å². The monoisotopic (exact) mass is 542 g/mol. The standard InChI is InChI=1S/C32H46O7/c1-5-9-17-27(23-31(7-3,29(33)34)38-25-19-13-11-14-20-25)37-28(18-10-6-2)24-32(8-4,30(35)36)39-26-21-15-12-16-22-26/h11-16,19-22,27-28H,5-10,17-18,23-24H2,1-4H3,(H,33,34)(H,35,36). The summed E-state index contributed by atoms with van der Waals surface area (Å²) in [6.07, 6.45) is 4.84. The molecule has 0 saturated heterocycles. The Labute approximate surface area is 233 Å². The van der Waals surface area contributed by atoms with E-state index in [1.807, 2.05) is 50.2 Å². The van der Waals surface area contributed by atoms with Crippen molar-refractivity contribution >= 4 is 11.9 Å². The van der Waals surface area contributed by atoms with Crippen LogP contribution < -0.4 is 9.47 Å². The molecule has 0 aliphatic heterocycles. The minimum atomic E-state index is -1.47. The SMILES string of the molecule is CCCCC(CC(CC)(Oc1ccccc1)C(=O)O)OC(CCCC)CC(CC)(Oc1ccccc1)C(=O)O. The largest absolute Gasteiger partial charge is 0.478 e. The summed E-state index contributed by atoms with van der Waals surface area (Å²) in [6.45, 7) is 7.78. The number of rotatable bonds is 20. The van der Waals surface area contributed by atoms with Gasteiger partial charge in [0.2, 0.25) is 11.2 Å². The van der Waals surface area contributed by atoms with E-state index in [-0.39, 0.29) is 25.7 Å². The minimum Gasteiger partial charge on any atom is -0.478 e. The second kappa shape index (κ2) is 16.1. The number of carbonyl (C=O) groups is 2. The summed E-state index contributed by atoms with van der Waals surface area (Å²) in [4.78, 5) is 25.2. The summed E-state index contributed by atoms with van der Waals surface area (Å²) in [5.41, 5.74) is -2.94. The number of carboxylic acids is 2. The maximum Gasteiger partial charge on any atom is 0.348 e. The molecule has 0 spiro atoms. The van der Waals surface area contributed by atoms with Gasteiger partial charge in [0, 0.05) is 12.8 Å². The Morgan fingerprint density at radius 1 is 0.667 bits per heavy atom. The van der Waals surface area contributed by atoms with Gasteiger partial charge < -0.3 is 24.4 Å². The molecule has 0 heterocycles. The van der Waals surface area contributed by atoms with Crippen LogP contribution in [-0.4, -0.2) is 45.6 Å². The highest BCUT2D eigenvalue weighted by Gasteiger charge is 2.45. The van der Waals surface area contributed by atoms with Crippen LogP contribution in [0.3, 0.4) is 0 Å². The first-order chi connectivity index (χ1) is 18.7. The molecule has 216 valence electrons. The Bertz CT molecular complexity index is 901. The third-order valence-corrected chi connectivity index (χ3v) is 7.29. The Balaban J connectivity index is 2.36. The van der Waals surface area contributed by atoms with Gasteiger partial charge in [0.1, 0.15) is 11.5 Å². The van der Waals surface area contributed by atoms with Crippen LogP contribution in [0.5, 0.6) is 11.5 Å². The second-order valence-corrected chi connectivity index (χ2v) is 10.2. The van der Waals surface area contributed by atoms with E-state index in [2.05, 4.69) is 13.8 Å². The second-order valence-electron chi connectivity index (χ2n) is 10.2. The van der Waals surface area contributed by atoms with Crippen LogP contribution in [0.4, 0.5) is 0 Å². The Hall–Kier alpha value is -3.06. The van der Waals surface area contributed by atoms with Crippen molar-refractivity contribution in [3.63, 3.8) is 0 Å². The Kier molecular flexibility index (Phi) is 13.3. The topological polar surface area (TPSA) is 102 Å². The third-order valence-electron chi connectivity index (χ3n) is 7.29. The van der Waals surface area contributed by atoms with Gasteiger partial charge in [-0.1, -0.05) is 89.8 Å². The average molecular weight is 543 g/mol. The number of aliphatic carboxylic acids is 2. The predicted molar refractivity (Wildman–Crippen MR) is 152 cm³/mol. The van der Waals surface area contributed by atoms with Crippen LogP contribution in [0.15, 0.2) is 60.7 Å². The van der Waals surface area contributed by atoms with Crippen molar-refractivity contribution in [1.82, 2.24) is 0 Å². The first-order valence-corrected chi connectivity index (χ1v) is 14.3. The summed E-state index contributed by atoms with van der Waals surface area (Å²) in [7, 11) is 0. The van der Waals surface area contributed by atoms with E-state index in [0.717, 1.165) is 25.7 Å². The molecule has 0 saturated carbocycles. The lowest BCUT2D eigenvalue weighted by atomic mass is 9.88. The zero-order valence-corrected chi connectivity index (χ0v) is 23.9. The van der Waals surface area contributed by atoms with Crippen molar-refractivity contribution in [2.24, 2.45) is 0 Å². The summed E-state index contributed by atoms with van der Waals surface area (Å²) in [6, 6.07) is 18.0. The highest BCUT2D eigenvalue weighted by atomic mass is 16.5. The number of para-hydroxylation sites is 2. The number of ether oxygens (including phenoxy) is 3. The molecule has 0 amide bonds. The van der Waals surface area contributed by atoms with Gasteiger partial charge in [-0.25, -0.2) is 9.59 Å². The molecule has 2 rings (SSSR count). The van der Waals surface area contributed by atoms with Gasteiger partial charge in [0.25, 0.3) is 0 Å². The lowest BCUT2D eigenvalue weighted by Crippen LogP contribution is -2.49. The van der Waals surface area contributed by atoms with E-state index in [0.29, 0.717) is 24.3 Å². The van der Waals surface area contributed by atoms with E-state index in [9.17, 15) is 19.8 Å². The predicted octanol–water partition coefficient (Wildman–Crippen LogP) is 7.53. The molecule has 2 aromatic rings. The van der Waals surface area contributed by atoms with Gasteiger partial charge in [0.05, 0.1) is 12.2 Å². The summed E-state index contributed by atoms with van der Waals surface area (Å²) >= 11 is 0. The number of hydrogen-bond acceptors (Lipinski definition) is 5. The molecular weight excluding hydrogens is 496 g/mol. The molecule has 0 aromatic heterocycles. The molecular formula is C32H46O7. The number of benzene rings is 2. The minimum absolute atomic E-state index is 0.155. The molecule has 0 radical (unpaired) electrons. The van der Waals surface area contributed by atoms with Gasteiger partial charge >= 0.3 is 11.9 Å². The number of carboxylic acid groups (broad SMARTS) is 2. The zero-order valence-electron chi connectivity index (χ0n) is 23.9. The van der Waals surface area contributed by atoms with Crippen LogP contribution in [0.1, 0.15) is 91.9 Å². The fourth-order valence-corrected chi connectivity index (χ4v) is 4.82. The molecule has 2 aromatic carbocycles. The maximum absolute atomic E-state index is 12.6. The molecule has 0 bridgehead atoms. The highest BCUT2D eigenvalue weighted by Crippen LogP contribution is 2.33. The van der Waals surface area contributed by atoms with Gasteiger partial charge in [-0.3, -0.25) is 0 Å². The van der Waals surface area contributed by atoms with E-state index >= 15 is 0 Å². The van der Waals surface area contributed by atoms with Gasteiger partial charge in [0.15, 0.2) is 0 Å². The van der Waals surface area contributed by atoms with Crippen molar-refractivity contribution in [3.8, 4) is 11.5 Å². The molecule has 0 fully saturated rings. The van der Waals surface area contributed by atoms with Crippen molar-refractivity contribution in [1.29, 1.82) is 0 Å². The molecule has 4 unspecified atom stereocenters. The molecule has 0 aliphatic rings. The smallest absolute Gasteiger partial charge is 0.348 e. The van der Waals surface area contributed by atoms with E-state index in [4.69, 9.17) is 14.2 Å². The third kappa shape index (κ3) is 9.57. The first kappa shape index (κ1) is 32.2.